The first-order valence-corrected chi connectivity index (χ1v) is 9.65. The van der Waals surface area contributed by atoms with Gasteiger partial charge in [-0.3, -0.25) is 14.2 Å². The van der Waals surface area contributed by atoms with E-state index in [9.17, 15) is 14.4 Å². The molecule has 0 aromatic carbocycles. The second-order valence-electron chi connectivity index (χ2n) is 6.62. The van der Waals surface area contributed by atoms with Crippen LogP contribution < -0.4 is 16.6 Å². The Morgan fingerprint density at radius 3 is 2.70 bits per heavy atom. The molecule has 1 unspecified atom stereocenters. The number of halogens is 1. The molecule has 1 atom stereocenters. The van der Waals surface area contributed by atoms with Gasteiger partial charge < -0.3 is 14.8 Å². The van der Waals surface area contributed by atoms with Crippen LogP contribution in [0.4, 0.5) is 0 Å². The maximum Gasteiger partial charge on any atom is 0.330 e. The van der Waals surface area contributed by atoms with E-state index in [1.54, 1.807) is 18.1 Å². The van der Waals surface area contributed by atoms with Crippen molar-refractivity contribution >= 4 is 29.7 Å². The van der Waals surface area contributed by atoms with Crippen molar-refractivity contribution in [2.75, 3.05) is 13.1 Å². The van der Waals surface area contributed by atoms with E-state index in [1.165, 1.54) is 23.0 Å². The van der Waals surface area contributed by atoms with Gasteiger partial charge in [-0.05, 0) is 36.4 Å². The van der Waals surface area contributed by atoms with E-state index in [0.29, 0.717) is 12.1 Å². The van der Waals surface area contributed by atoms with Gasteiger partial charge in [0, 0.05) is 32.9 Å². The fourth-order valence-electron chi connectivity index (χ4n) is 3.38. The molecule has 1 saturated heterocycles. The number of nitrogens with one attached hydrogen (secondary N) is 1. The van der Waals surface area contributed by atoms with Crippen LogP contribution in [0.2, 0.25) is 0 Å². The number of thiophene rings is 1. The van der Waals surface area contributed by atoms with E-state index >= 15 is 0 Å². The number of nitrogens with zero attached hydrogens (tertiary/aromatic N) is 3. The minimum Gasteiger partial charge on any atom is -0.329 e. The van der Waals surface area contributed by atoms with Gasteiger partial charge in [0.2, 0.25) is 0 Å². The third-order valence-corrected chi connectivity index (χ3v) is 5.86. The summed E-state index contributed by atoms with van der Waals surface area (Å²) in [6.07, 6.45) is 3.19. The smallest absolute Gasteiger partial charge is 0.329 e. The van der Waals surface area contributed by atoms with Crippen LogP contribution in [-0.2, 0) is 27.1 Å². The molecular formula is C18H25ClN4O3S. The van der Waals surface area contributed by atoms with E-state index in [1.807, 2.05) is 18.4 Å². The lowest BCUT2D eigenvalue weighted by atomic mass is 10.1. The van der Waals surface area contributed by atoms with Crippen LogP contribution in [0.3, 0.4) is 0 Å². The largest absolute Gasteiger partial charge is 0.330 e. The van der Waals surface area contributed by atoms with Crippen LogP contribution in [0.1, 0.15) is 34.1 Å². The first kappa shape index (κ1) is 21.4. The minimum absolute atomic E-state index is 0. The summed E-state index contributed by atoms with van der Waals surface area (Å²) in [6.45, 7) is 3.80. The Balaban J connectivity index is 0.00000261. The van der Waals surface area contributed by atoms with E-state index in [-0.39, 0.29) is 42.1 Å². The van der Waals surface area contributed by atoms with Gasteiger partial charge in [-0.15, -0.1) is 23.7 Å². The van der Waals surface area contributed by atoms with Crippen LogP contribution in [0.5, 0.6) is 0 Å². The number of aromatic nitrogens is 2. The topological polar surface area (TPSA) is 76.3 Å². The zero-order valence-corrected chi connectivity index (χ0v) is 17.4. The zero-order chi connectivity index (χ0) is 18.8. The number of carbonyl (C=O) groups excluding carboxylic acids is 1. The van der Waals surface area contributed by atoms with Gasteiger partial charge in [0.25, 0.3) is 11.5 Å². The molecule has 0 bridgehead atoms. The summed E-state index contributed by atoms with van der Waals surface area (Å²) in [6, 6.07) is 2.02. The van der Waals surface area contributed by atoms with Crippen molar-refractivity contribution in [2.24, 2.45) is 14.1 Å². The van der Waals surface area contributed by atoms with Crippen LogP contribution in [0, 0.1) is 0 Å². The summed E-state index contributed by atoms with van der Waals surface area (Å²) >= 11 is 1.44. The minimum atomic E-state index is -0.370. The first-order chi connectivity index (χ1) is 12.4. The third-order valence-electron chi connectivity index (χ3n) is 4.92. The van der Waals surface area contributed by atoms with Crippen LogP contribution >= 0.6 is 23.7 Å². The van der Waals surface area contributed by atoms with Crippen LogP contribution in [-0.4, -0.2) is 39.1 Å². The molecular weight excluding hydrogens is 388 g/mol. The Morgan fingerprint density at radius 2 is 2.07 bits per heavy atom. The Morgan fingerprint density at radius 1 is 1.33 bits per heavy atom. The average Bonchev–Trinajstić information content (AvgIpc) is 3.32. The van der Waals surface area contributed by atoms with Crippen molar-refractivity contribution in [1.29, 1.82) is 0 Å². The maximum absolute atomic E-state index is 13.3. The van der Waals surface area contributed by atoms with Gasteiger partial charge in [-0.25, -0.2) is 4.79 Å². The van der Waals surface area contributed by atoms with Crippen molar-refractivity contribution in [2.45, 2.75) is 32.4 Å². The molecule has 2 aromatic heterocycles. The van der Waals surface area contributed by atoms with Gasteiger partial charge in [-0.2, -0.15) is 0 Å². The highest BCUT2D eigenvalue weighted by Gasteiger charge is 2.30. The lowest BCUT2D eigenvalue weighted by Gasteiger charge is -2.28. The lowest BCUT2D eigenvalue weighted by Crippen LogP contribution is -2.45. The molecule has 1 aliphatic heterocycles. The molecule has 0 radical (unpaired) electrons. The van der Waals surface area contributed by atoms with Crippen molar-refractivity contribution in [3.63, 3.8) is 0 Å². The fourth-order valence-corrected chi connectivity index (χ4v) is 4.33. The predicted octanol–water partition coefficient (Wildman–Crippen LogP) is 1.13. The second-order valence-corrected chi connectivity index (χ2v) is 7.54. The molecule has 3 rings (SSSR count). The lowest BCUT2D eigenvalue weighted by molar-refractivity contribution is 0.0678. The predicted molar refractivity (Wildman–Crippen MR) is 109 cm³/mol. The molecule has 1 aliphatic rings. The molecule has 0 aliphatic carbocycles. The number of hydrogen-bond acceptors (Lipinski definition) is 5. The Kier molecular flexibility index (Phi) is 7.02. The highest BCUT2D eigenvalue weighted by molar-refractivity contribution is 7.12. The summed E-state index contributed by atoms with van der Waals surface area (Å²) in [5.41, 5.74) is 0.762. The molecule has 0 saturated carbocycles. The number of rotatable bonds is 5. The molecule has 2 aromatic rings. The van der Waals surface area contributed by atoms with Crippen molar-refractivity contribution in [3.8, 4) is 0 Å². The van der Waals surface area contributed by atoms with E-state index < -0.39 is 0 Å². The van der Waals surface area contributed by atoms with Gasteiger partial charge in [-0.1, -0.05) is 6.92 Å². The summed E-state index contributed by atoms with van der Waals surface area (Å²) < 4.78 is 2.47. The van der Waals surface area contributed by atoms with Crippen LogP contribution in [0.15, 0.2) is 27.2 Å². The Hall–Kier alpha value is -1.90. The normalized spacial score (nSPS) is 16.2. The molecule has 9 heteroatoms. The summed E-state index contributed by atoms with van der Waals surface area (Å²) in [5, 5.41) is 5.22. The Labute approximate surface area is 168 Å². The van der Waals surface area contributed by atoms with Crippen LogP contribution in [0.25, 0.3) is 0 Å². The number of amides is 1. The summed E-state index contributed by atoms with van der Waals surface area (Å²) in [4.78, 5) is 40.2. The van der Waals surface area contributed by atoms with Gasteiger partial charge in [0.15, 0.2) is 0 Å². The number of hydrogen-bond donors (Lipinski definition) is 1. The monoisotopic (exact) mass is 412 g/mol. The quantitative estimate of drug-likeness (QED) is 0.798. The average molecular weight is 413 g/mol. The number of aryl methyl sites for hydroxylation is 2. The number of carbonyl (C=O) groups is 1. The zero-order valence-electron chi connectivity index (χ0n) is 15.7. The molecule has 27 heavy (non-hydrogen) atoms. The molecule has 1 fully saturated rings. The third kappa shape index (κ3) is 4.17. The molecule has 3 heterocycles. The standard InChI is InChI=1S/C18H24N4O3S.ClH/c1-4-12-6-8-26-15(12)17(24)22(14-5-7-19-9-14)11-13-10-20(2)18(25)21(3)16(13)23;/h6,8,10,14,19H,4-5,7,9,11H2,1-3H3;1H. The highest BCUT2D eigenvalue weighted by Crippen LogP contribution is 2.23. The van der Waals surface area contributed by atoms with E-state index in [4.69, 9.17) is 0 Å². The van der Waals surface area contributed by atoms with Gasteiger partial charge in [0.05, 0.1) is 17.0 Å². The summed E-state index contributed by atoms with van der Waals surface area (Å²) in [5.74, 6) is -0.0403. The van der Waals surface area contributed by atoms with Gasteiger partial charge >= 0.3 is 5.69 Å². The molecule has 0 spiro atoms. The Bertz CT molecular complexity index is 927. The molecule has 1 N–H and O–H groups in total. The van der Waals surface area contributed by atoms with Crippen molar-refractivity contribution < 1.29 is 4.79 Å². The SMILES string of the molecule is CCc1ccsc1C(=O)N(Cc1cn(C)c(=O)n(C)c1=O)C1CCNC1.Cl. The second kappa shape index (κ2) is 8.86. The van der Waals surface area contributed by atoms with Gasteiger partial charge in [0.1, 0.15) is 0 Å². The first-order valence-electron chi connectivity index (χ1n) is 8.77. The fraction of sp³-hybridized carbons (Fsp3) is 0.500. The molecule has 148 valence electrons. The summed E-state index contributed by atoms with van der Waals surface area (Å²) in [7, 11) is 3.08. The highest BCUT2D eigenvalue weighted by atomic mass is 35.5. The van der Waals surface area contributed by atoms with Crippen molar-refractivity contribution in [3.05, 3.63) is 54.5 Å². The van der Waals surface area contributed by atoms with E-state index in [2.05, 4.69) is 5.32 Å². The maximum atomic E-state index is 13.3. The van der Waals surface area contributed by atoms with Crippen molar-refractivity contribution in [1.82, 2.24) is 19.4 Å². The molecule has 7 nitrogen and oxygen atoms in total. The molecule has 1 amide bonds. The van der Waals surface area contributed by atoms with E-state index in [0.717, 1.165) is 34.4 Å².